The zero-order chi connectivity index (χ0) is 12.3. The number of fused-ring (bicyclic) bond motifs is 4. The lowest BCUT2D eigenvalue weighted by molar-refractivity contribution is 0.384. The third-order valence-electron chi connectivity index (χ3n) is 4.33. The molecule has 0 fully saturated rings. The summed E-state index contributed by atoms with van der Waals surface area (Å²) in [6, 6.07) is 5.93. The quantitative estimate of drug-likeness (QED) is 0.653. The number of aliphatic hydroxyl groups excluding tert-OH is 1. The summed E-state index contributed by atoms with van der Waals surface area (Å²) >= 11 is 0. The number of aromatic hydroxyl groups is 1. The van der Waals surface area contributed by atoms with Crippen LogP contribution in [0.2, 0.25) is 0 Å². The number of anilines is 1. The maximum absolute atomic E-state index is 9.73. The molecule has 3 heteroatoms. The first kappa shape index (κ1) is 10.1. The predicted octanol–water partition coefficient (Wildman–Crippen LogP) is 3.21. The maximum atomic E-state index is 9.73. The highest BCUT2D eigenvalue weighted by atomic mass is 16.3. The molecule has 0 radical (unpaired) electrons. The second-order valence-corrected chi connectivity index (χ2v) is 5.40. The smallest absolute Gasteiger partial charge is 0.117 e. The Hall–Kier alpha value is -1.90. The van der Waals surface area contributed by atoms with E-state index in [1.54, 1.807) is 12.1 Å². The van der Waals surface area contributed by atoms with Crippen LogP contribution in [0.3, 0.4) is 0 Å². The third-order valence-corrected chi connectivity index (χ3v) is 4.33. The Morgan fingerprint density at radius 1 is 1.17 bits per heavy atom. The van der Waals surface area contributed by atoms with Crippen molar-refractivity contribution in [1.82, 2.24) is 0 Å². The molecule has 1 unspecified atom stereocenters. The van der Waals surface area contributed by atoms with Crippen molar-refractivity contribution in [2.24, 2.45) is 0 Å². The number of hydrogen-bond acceptors (Lipinski definition) is 3. The molecule has 0 spiro atoms. The van der Waals surface area contributed by atoms with E-state index in [0.29, 0.717) is 23.5 Å². The Morgan fingerprint density at radius 2 is 2.06 bits per heavy atom. The molecule has 2 aliphatic carbocycles. The van der Waals surface area contributed by atoms with E-state index in [1.165, 1.54) is 16.7 Å². The molecule has 0 saturated carbocycles. The Kier molecular flexibility index (Phi) is 1.85. The summed E-state index contributed by atoms with van der Waals surface area (Å²) in [5.41, 5.74) is 5.05. The van der Waals surface area contributed by atoms with Gasteiger partial charge in [-0.25, -0.2) is 0 Å². The number of phenolic OH excluding ortho intramolecular Hbond substituents is 1. The van der Waals surface area contributed by atoms with Gasteiger partial charge in [-0.1, -0.05) is 11.6 Å². The lowest BCUT2D eigenvalue weighted by Crippen LogP contribution is -2.15. The number of allylic oxidation sites excluding steroid dienone is 2. The number of hydrogen-bond donors (Lipinski definition) is 3. The highest BCUT2D eigenvalue weighted by molar-refractivity contribution is 5.67. The van der Waals surface area contributed by atoms with Crippen LogP contribution in [0, 0.1) is 0 Å². The lowest BCUT2D eigenvalue weighted by atomic mass is 9.89. The Balaban J connectivity index is 1.83. The number of aliphatic hydroxyl groups is 1. The van der Waals surface area contributed by atoms with E-state index in [0.717, 1.165) is 24.9 Å². The van der Waals surface area contributed by atoms with E-state index >= 15 is 0 Å². The molecule has 1 heterocycles. The molecule has 3 nitrogen and oxygen atoms in total. The summed E-state index contributed by atoms with van der Waals surface area (Å²) in [7, 11) is 0. The molecule has 3 N–H and O–H groups in total. The van der Waals surface area contributed by atoms with Crippen molar-refractivity contribution >= 4 is 5.69 Å². The van der Waals surface area contributed by atoms with Crippen LogP contribution in [-0.2, 0) is 0 Å². The zero-order valence-electron chi connectivity index (χ0n) is 9.98. The van der Waals surface area contributed by atoms with Gasteiger partial charge >= 0.3 is 0 Å². The second kappa shape index (κ2) is 3.31. The van der Waals surface area contributed by atoms with Gasteiger partial charge in [0.25, 0.3) is 0 Å². The van der Waals surface area contributed by atoms with Gasteiger partial charge < -0.3 is 15.5 Å². The van der Waals surface area contributed by atoms with Crippen molar-refractivity contribution in [2.45, 2.75) is 31.2 Å². The number of phenols is 1. The van der Waals surface area contributed by atoms with Gasteiger partial charge in [-0.3, -0.25) is 0 Å². The molecule has 3 aliphatic rings. The number of rotatable bonds is 0. The summed E-state index contributed by atoms with van der Waals surface area (Å²) in [4.78, 5) is 0. The van der Waals surface area contributed by atoms with E-state index in [9.17, 15) is 10.2 Å². The summed E-state index contributed by atoms with van der Waals surface area (Å²) < 4.78 is 0. The Morgan fingerprint density at radius 3 is 2.94 bits per heavy atom. The van der Waals surface area contributed by atoms with Crippen LogP contribution in [-0.4, -0.2) is 16.3 Å². The average molecular weight is 241 g/mol. The van der Waals surface area contributed by atoms with Gasteiger partial charge in [0.1, 0.15) is 5.75 Å². The van der Waals surface area contributed by atoms with Crippen LogP contribution in [0.4, 0.5) is 5.69 Å². The Bertz CT molecular complexity index is 601. The first-order valence-corrected chi connectivity index (χ1v) is 6.43. The largest absolute Gasteiger partial charge is 0.512 e. The SMILES string of the molecule is OC1=CC2=C(CC1)CC1Nc3cc(O)ccc3[C@@H]21. The molecule has 0 bridgehead atoms. The number of benzene rings is 1. The van der Waals surface area contributed by atoms with Crippen molar-refractivity contribution < 1.29 is 10.2 Å². The van der Waals surface area contributed by atoms with Crippen molar-refractivity contribution in [3.8, 4) is 5.75 Å². The van der Waals surface area contributed by atoms with Crippen molar-refractivity contribution in [2.75, 3.05) is 5.32 Å². The fourth-order valence-electron chi connectivity index (χ4n) is 3.57. The van der Waals surface area contributed by atoms with Crippen LogP contribution in [0.15, 0.2) is 41.2 Å². The topological polar surface area (TPSA) is 52.5 Å². The van der Waals surface area contributed by atoms with Gasteiger partial charge in [0, 0.05) is 30.1 Å². The number of nitrogens with one attached hydrogen (secondary N) is 1. The van der Waals surface area contributed by atoms with Gasteiger partial charge in [0.15, 0.2) is 0 Å². The predicted molar refractivity (Wildman–Crippen MR) is 69.8 cm³/mol. The first-order valence-electron chi connectivity index (χ1n) is 6.43. The Labute approximate surface area is 105 Å². The maximum Gasteiger partial charge on any atom is 0.117 e. The molecule has 92 valence electrons. The molecule has 0 amide bonds. The lowest BCUT2D eigenvalue weighted by Gasteiger charge is -2.15. The average Bonchev–Trinajstić information content (AvgIpc) is 2.83. The van der Waals surface area contributed by atoms with Gasteiger partial charge in [-0.15, -0.1) is 0 Å². The molecule has 1 aromatic carbocycles. The zero-order valence-corrected chi connectivity index (χ0v) is 9.98. The molecule has 1 aromatic rings. The van der Waals surface area contributed by atoms with E-state index in [4.69, 9.17) is 0 Å². The van der Waals surface area contributed by atoms with Gasteiger partial charge in [0.05, 0.1) is 5.76 Å². The van der Waals surface area contributed by atoms with Crippen molar-refractivity contribution in [3.63, 3.8) is 0 Å². The van der Waals surface area contributed by atoms with Crippen molar-refractivity contribution in [1.29, 1.82) is 0 Å². The standard InChI is InChI=1S/C15H15NO2/c17-9-2-1-8-5-14-15(12(8)6-9)11-4-3-10(18)7-13(11)16-14/h3-4,6-7,14-18H,1-2,5H2/t14?,15-/m0/s1. The normalized spacial score (nSPS) is 28.3. The fraction of sp³-hybridized carbons (Fsp3) is 0.333. The summed E-state index contributed by atoms with van der Waals surface area (Å²) in [5.74, 6) is 1.15. The van der Waals surface area contributed by atoms with Crippen molar-refractivity contribution in [3.05, 3.63) is 46.7 Å². The minimum Gasteiger partial charge on any atom is -0.512 e. The molecule has 1 aliphatic heterocycles. The van der Waals surface area contributed by atoms with E-state index < -0.39 is 0 Å². The molecular weight excluding hydrogens is 226 g/mol. The van der Waals surface area contributed by atoms with Crippen LogP contribution in [0.5, 0.6) is 5.75 Å². The molecule has 18 heavy (non-hydrogen) atoms. The highest BCUT2D eigenvalue weighted by Gasteiger charge is 2.41. The van der Waals surface area contributed by atoms with E-state index in [2.05, 4.69) is 5.32 Å². The van der Waals surface area contributed by atoms with Gasteiger partial charge in [-0.05, 0) is 36.1 Å². The first-order chi connectivity index (χ1) is 8.72. The summed E-state index contributed by atoms with van der Waals surface area (Å²) in [6.07, 6.45) is 4.77. The molecule has 0 saturated heterocycles. The van der Waals surface area contributed by atoms with Gasteiger partial charge in [0.2, 0.25) is 0 Å². The van der Waals surface area contributed by atoms with E-state index in [1.807, 2.05) is 12.1 Å². The van der Waals surface area contributed by atoms with Crippen LogP contribution in [0.25, 0.3) is 0 Å². The van der Waals surface area contributed by atoms with Gasteiger partial charge in [-0.2, -0.15) is 0 Å². The summed E-state index contributed by atoms with van der Waals surface area (Å²) in [5, 5.41) is 22.8. The van der Waals surface area contributed by atoms with Crippen LogP contribution < -0.4 is 5.32 Å². The fourth-order valence-corrected chi connectivity index (χ4v) is 3.57. The summed E-state index contributed by atoms with van der Waals surface area (Å²) in [6.45, 7) is 0. The molecule has 2 atom stereocenters. The molecule has 0 aromatic heterocycles. The monoisotopic (exact) mass is 241 g/mol. The van der Waals surface area contributed by atoms with Crippen LogP contribution >= 0.6 is 0 Å². The molecular formula is C15H15NO2. The third kappa shape index (κ3) is 1.24. The minimum absolute atomic E-state index is 0.303. The molecule has 4 rings (SSSR count). The van der Waals surface area contributed by atoms with E-state index in [-0.39, 0.29) is 0 Å². The van der Waals surface area contributed by atoms with Crippen LogP contribution in [0.1, 0.15) is 30.7 Å². The second-order valence-electron chi connectivity index (χ2n) is 5.40. The highest BCUT2D eigenvalue weighted by Crippen LogP contribution is 2.51. The minimum atomic E-state index is 0.303.